The van der Waals surface area contributed by atoms with Gasteiger partial charge in [-0.25, -0.2) is 0 Å². The van der Waals surface area contributed by atoms with E-state index < -0.39 is 0 Å². The summed E-state index contributed by atoms with van der Waals surface area (Å²) in [4.78, 5) is 11.4. The first-order valence-corrected chi connectivity index (χ1v) is 4.67. The van der Waals surface area contributed by atoms with Crippen LogP contribution in [0.5, 0.6) is 0 Å². The van der Waals surface area contributed by atoms with Crippen LogP contribution in [-0.4, -0.2) is 32.3 Å². The van der Waals surface area contributed by atoms with Crippen LogP contribution in [0.25, 0.3) is 0 Å². The number of ether oxygens (including phenoxy) is 2. The molecule has 76 valence electrons. The van der Waals surface area contributed by atoms with E-state index in [1.54, 1.807) is 7.11 Å². The Morgan fingerprint density at radius 1 is 1.46 bits per heavy atom. The van der Waals surface area contributed by atoms with Crippen LogP contribution in [0.15, 0.2) is 0 Å². The molecule has 1 aliphatic carbocycles. The Morgan fingerprint density at radius 2 is 2.23 bits per heavy atom. The largest absolute Gasteiger partial charge is 0.463 e. The molecule has 1 aliphatic rings. The van der Waals surface area contributed by atoms with Crippen LogP contribution in [0, 0.1) is 5.92 Å². The van der Waals surface area contributed by atoms with Gasteiger partial charge in [0.05, 0.1) is 12.5 Å². The fourth-order valence-corrected chi connectivity index (χ4v) is 1.61. The maximum Gasteiger partial charge on any atom is 0.310 e. The third kappa shape index (κ3) is 2.97. The van der Waals surface area contributed by atoms with Gasteiger partial charge in [0.25, 0.3) is 0 Å². The molecule has 4 heteroatoms. The van der Waals surface area contributed by atoms with Crippen molar-refractivity contribution in [2.75, 3.05) is 20.3 Å². The Kier molecular flexibility index (Phi) is 4.18. The topological polar surface area (TPSA) is 61.5 Å². The van der Waals surface area contributed by atoms with Crippen molar-refractivity contribution in [2.45, 2.75) is 25.3 Å². The molecule has 0 heterocycles. The average Bonchev–Trinajstić information content (AvgIpc) is 2.52. The molecular formula is C9H17NO3. The highest BCUT2D eigenvalue weighted by Gasteiger charge is 2.31. The molecule has 0 aliphatic heterocycles. The molecule has 0 radical (unpaired) electrons. The second-order valence-corrected chi connectivity index (χ2v) is 3.36. The Morgan fingerprint density at radius 3 is 2.77 bits per heavy atom. The molecule has 0 aromatic carbocycles. The fraction of sp³-hybridized carbons (Fsp3) is 0.889. The molecule has 0 bridgehead atoms. The van der Waals surface area contributed by atoms with Crippen LogP contribution < -0.4 is 5.73 Å². The van der Waals surface area contributed by atoms with E-state index in [0.29, 0.717) is 13.2 Å². The van der Waals surface area contributed by atoms with Crippen LogP contribution in [0.4, 0.5) is 0 Å². The molecule has 1 fully saturated rings. The molecule has 1 saturated carbocycles. The van der Waals surface area contributed by atoms with Crippen molar-refractivity contribution in [3.05, 3.63) is 0 Å². The maximum absolute atomic E-state index is 11.4. The molecule has 0 amide bonds. The van der Waals surface area contributed by atoms with Crippen molar-refractivity contribution in [1.29, 1.82) is 0 Å². The van der Waals surface area contributed by atoms with Gasteiger partial charge in [-0.2, -0.15) is 0 Å². The van der Waals surface area contributed by atoms with Crippen molar-refractivity contribution in [3.63, 3.8) is 0 Å². The van der Waals surface area contributed by atoms with E-state index in [-0.39, 0.29) is 17.9 Å². The van der Waals surface area contributed by atoms with E-state index in [4.69, 9.17) is 15.2 Å². The first-order valence-electron chi connectivity index (χ1n) is 4.67. The third-order valence-corrected chi connectivity index (χ3v) is 2.40. The zero-order valence-corrected chi connectivity index (χ0v) is 7.99. The van der Waals surface area contributed by atoms with E-state index in [2.05, 4.69) is 0 Å². The third-order valence-electron chi connectivity index (χ3n) is 2.40. The smallest absolute Gasteiger partial charge is 0.310 e. The minimum absolute atomic E-state index is 0.00459. The lowest BCUT2D eigenvalue weighted by molar-refractivity contribution is -0.149. The number of hydrogen-bond acceptors (Lipinski definition) is 4. The van der Waals surface area contributed by atoms with Crippen molar-refractivity contribution in [3.8, 4) is 0 Å². The fourth-order valence-electron chi connectivity index (χ4n) is 1.61. The zero-order valence-electron chi connectivity index (χ0n) is 7.99. The summed E-state index contributed by atoms with van der Waals surface area (Å²) in [6.07, 6.45) is 2.84. The predicted octanol–water partition coefficient (Wildman–Crippen LogP) is 0.303. The molecule has 0 spiro atoms. The van der Waals surface area contributed by atoms with Crippen LogP contribution in [0.3, 0.4) is 0 Å². The van der Waals surface area contributed by atoms with Gasteiger partial charge in [-0.15, -0.1) is 0 Å². The van der Waals surface area contributed by atoms with Gasteiger partial charge >= 0.3 is 5.97 Å². The first-order chi connectivity index (χ1) is 6.25. The zero-order chi connectivity index (χ0) is 9.68. The van der Waals surface area contributed by atoms with Crippen molar-refractivity contribution in [2.24, 2.45) is 11.7 Å². The minimum Gasteiger partial charge on any atom is -0.463 e. The van der Waals surface area contributed by atoms with Gasteiger partial charge in [-0.1, -0.05) is 6.42 Å². The van der Waals surface area contributed by atoms with Crippen molar-refractivity contribution >= 4 is 5.97 Å². The molecule has 2 atom stereocenters. The Balaban J connectivity index is 2.22. The van der Waals surface area contributed by atoms with E-state index in [9.17, 15) is 4.79 Å². The second-order valence-electron chi connectivity index (χ2n) is 3.36. The lowest BCUT2D eigenvalue weighted by atomic mass is 10.1. The van der Waals surface area contributed by atoms with Gasteiger partial charge in [0, 0.05) is 13.2 Å². The van der Waals surface area contributed by atoms with Crippen LogP contribution >= 0.6 is 0 Å². The monoisotopic (exact) mass is 187 g/mol. The number of carbonyl (C=O) groups excluding carboxylic acids is 1. The number of esters is 1. The number of nitrogens with two attached hydrogens (primary N) is 1. The van der Waals surface area contributed by atoms with E-state index in [1.165, 1.54) is 0 Å². The van der Waals surface area contributed by atoms with Crippen molar-refractivity contribution in [1.82, 2.24) is 0 Å². The quantitative estimate of drug-likeness (QED) is 0.508. The van der Waals surface area contributed by atoms with Crippen LogP contribution in [0.1, 0.15) is 19.3 Å². The molecular weight excluding hydrogens is 170 g/mol. The number of carbonyl (C=O) groups is 1. The molecule has 4 nitrogen and oxygen atoms in total. The van der Waals surface area contributed by atoms with E-state index >= 15 is 0 Å². The van der Waals surface area contributed by atoms with Gasteiger partial charge < -0.3 is 15.2 Å². The van der Waals surface area contributed by atoms with Crippen LogP contribution in [0.2, 0.25) is 0 Å². The lowest BCUT2D eigenvalue weighted by Crippen LogP contribution is -2.32. The maximum atomic E-state index is 11.4. The molecule has 2 unspecified atom stereocenters. The highest BCUT2D eigenvalue weighted by molar-refractivity contribution is 5.73. The first kappa shape index (κ1) is 10.5. The summed E-state index contributed by atoms with van der Waals surface area (Å²) >= 11 is 0. The van der Waals surface area contributed by atoms with Crippen molar-refractivity contribution < 1.29 is 14.3 Å². The summed E-state index contributed by atoms with van der Waals surface area (Å²) in [5, 5.41) is 0. The Bertz CT molecular complexity index is 172. The number of hydrogen-bond donors (Lipinski definition) is 1. The highest BCUT2D eigenvalue weighted by Crippen LogP contribution is 2.24. The normalized spacial score (nSPS) is 27.5. The van der Waals surface area contributed by atoms with E-state index in [0.717, 1.165) is 19.3 Å². The second kappa shape index (κ2) is 5.19. The molecule has 0 saturated heterocycles. The lowest BCUT2D eigenvalue weighted by Gasteiger charge is -2.13. The minimum atomic E-state index is -0.165. The molecule has 0 aromatic rings. The SMILES string of the molecule is COCCOC(=O)C1CCCC1N. The average molecular weight is 187 g/mol. The molecule has 13 heavy (non-hydrogen) atoms. The van der Waals surface area contributed by atoms with E-state index in [1.807, 2.05) is 0 Å². The van der Waals surface area contributed by atoms with Crippen LogP contribution in [-0.2, 0) is 14.3 Å². The van der Waals surface area contributed by atoms with Gasteiger partial charge in [0.15, 0.2) is 0 Å². The summed E-state index contributed by atoms with van der Waals surface area (Å²) < 4.78 is 9.77. The summed E-state index contributed by atoms with van der Waals surface area (Å²) in [5.74, 6) is -0.251. The summed E-state index contributed by atoms with van der Waals surface area (Å²) in [5.41, 5.74) is 5.75. The number of rotatable bonds is 4. The molecule has 1 rings (SSSR count). The number of methoxy groups -OCH3 is 1. The summed E-state index contributed by atoms with van der Waals surface area (Å²) in [6.45, 7) is 0.784. The highest BCUT2D eigenvalue weighted by atomic mass is 16.6. The van der Waals surface area contributed by atoms with Gasteiger partial charge in [0.2, 0.25) is 0 Å². The summed E-state index contributed by atoms with van der Waals surface area (Å²) in [6, 6.07) is -0.00459. The Labute approximate surface area is 78.4 Å². The molecule has 2 N–H and O–H groups in total. The van der Waals surface area contributed by atoms with Gasteiger partial charge in [-0.3, -0.25) is 4.79 Å². The van der Waals surface area contributed by atoms with Gasteiger partial charge in [-0.05, 0) is 12.8 Å². The standard InChI is InChI=1S/C9H17NO3/c1-12-5-6-13-9(11)7-3-2-4-8(7)10/h7-8H,2-6,10H2,1H3. The molecule has 0 aromatic heterocycles. The Hall–Kier alpha value is -0.610. The summed E-state index contributed by atoms with van der Waals surface area (Å²) in [7, 11) is 1.58. The van der Waals surface area contributed by atoms with Gasteiger partial charge in [0.1, 0.15) is 6.61 Å². The predicted molar refractivity (Wildman–Crippen MR) is 48.2 cm³/mol.